The molecule has 142 valence electrons. The lowest BCUT2D eigenvalue weighted by atomic mass is 9.90. The van der Waals surface area contributed by atoms with E-state index in [9.17, 15) is 4.79 Å². The van der Waals surface area contributed by atoms with Crippen LogP contribution in [-0.2, 0) is 0 Å². The number of ether oxygens (including phenoxy) is 1. The maximum atomic E-state index is 12.6. The number of nitrogens with zero attached hydrogens (tertiary/aromatic N) is 2. The summed E-state index contributed by atoms with van der Waals surface area (Å²) in [6.45, 7) is 4.14. The quantitative estimate of drug-likeness (QED) is 0.735. The Morgan fingerprint density at radius 3 is 2.50 bits per heavy atom. The molecule has 0 saturated carbocycles. The largest absolute Gasteiger partial charge is 0.439 e. The molecule has 1 saturated heterocycles. The summed E-state index contributed by atoms with van der Waals surface area (Å²) >= 11 is 3.38. The Labute approximate surface area is 174 Å². The van der Waals surface area contributed by atoms with Gasteiger partial charge in [0.2, 0.25) is 5.88 Å². The Bertz CT molecular complexity index is 728. The van der Waals surface area contributed by atoms with Crippen LogP contribution in [0.15, 0.2) is 47.1 Å². The molecular weight excluding hydrogens is 441 g/mol. The standard InChI is InChI=1S/C18H20BrN3O2.2ClH/c1-18(11-20)8-9-22(12-18)17(23)13-2-7-16(21-10-13)24-15-5-3-14(19)4-6-15;;/h2-7,10H,8-9,11-12,20H2,1H3;2*1H. The fourth-order valence-electron chi connectivity index (χ4n) is 2.74. The fraction of sp³-hybridized carbons (Fsp3) is 0.333. The van der Waals surface area contributed by atoms with Crippen LogP contribution in [0.2, 0.25) is 0 Å². The van der Waals surface area contributed by atoms with Crippen molar-refractivity contribution in [3.8, 4) is 11.6 Å². The van der Waals surface area contributed by atoms with Crippen molar-refractivity contribution in [1.82, 2.24) is 9.88 Å². The number of benzene rings is 1. The van der Waals surface area contributed by atoms with Gasteiger partial charge in [-0.25, -0.2) is 4.98 Å². The molecular formula is C18H22BrCl2N3O2. The van der Waals surface area contributed by atoms with E-state index < -0.39 is 0 Å². The SMILES string of the molecule is CC1(CN)CCN(C(=O)c2ccc(Oc3ccc(Br)cc3)nc2)C1.Cl.Cl. The van der Waals surface area contributed by atoms with Gasteiger partial charge >= 0.3 is 0 Å². The summed E-state index contributed by atoms with van der Waals surface area (Å²) in [5.41, 5.74) is 6.39. The maximum absolute atomic E-state index is 12.6. The third kappa shape index (κ3) is 5.33. The van der Waals surface area contributed by atoms with E-state index in [0.29, 0.717) is 30.3 Å². The van der Waals surface area contributed by atoms with Gasteiger partial charge < -0.3 is 15.4 Å². The molecule has 1 amide bonds. The third-order valence-electron chi connectivity index (χ3n) is 4.36. The van der Waals surface area contributed by atoms with Gasteiger partial charge in [0, 0.05) is 29.8 Å². The molecule has 1 aliphatic rings. The molecule has 1 aromatic carbocycles. The van der Waals surface area contributed by atoms with Gasteiger partial charge in [-0.15, -0.1) is 24.8 Å². The van der Waals surface area contributed by atoms with Crippen LogP contribution in [0.3, 0.4) is 0 Å². The fourth-order valence-corrected chi connectivity index (χ4v) is 3.00. The molecule has 0 bridgehead atoms. The number of rotatable bonds is 4. The lowest BCUT2D eigenvalue weighted by Crippen LogP contribution is -2.34. The van der Waals surface area contributed by atoms with Crippen molar-refractivity contribution < 1.29 is 9.53 Å². The molecule has 1 aliphatic heterocycles. The van der Waals surface area contributed by atoms with E-state index in [2.05, 4.69) is 27.8 Å². The highest BCUT2D eigenvalue weighted by molar-refractivity contribution is 9.10. The average Bonchev–Trinajstić information content (AvgIpc) is 3.00. The second-order valence-electron chi connectivity index (χ2n) is 6.43. The molecule has 26 heavy (non-hydrogen) atoms. The van der Waals surface area contributed by atoms with Crippen LogP contribution in [0.1, 0.15) is 23.7 Å². The predicted octanol–water partition coefficient (Wildman–Crippen LogP) is 4.29. The van der Waals surface area contributed by atoms with E-state index in [-0.39, 0.29) is 36.1 Å². The molecule has 1 atom stereocenters. The number of hydrogen-bond donors (Lipinski definition) is 1. The summed E-state index contributed by atoms with van der Waals surface area (Å²) in [6.07, 6.45) is 2.50. The highest BCUT2D eigenvalue weighted by atomic mass is 79.9. The summed E-state index contributed by atoms with van der Waals surface area (Å²) < 4.78 is 6.66. The third-order valence-corrected chi connectivity index (χ3v) is 4.89. The molecule has 0 radical (unpaired) electrons. The Balaban J connectivity index is 0.00000169. The maximum Gasteiger partial charge on any atom is 0.255 e. The molecule has 2 heterocycles. The lowest BCUT2D eigenvalue weighted by Gasteiger charge is -2.22. The number of carbonyl (C=O) groups is 1. The van der Waals surface area contributed by atoms with Crippen molar-refractivity contribution in [2.45, 2.75) is 13.3 Å². The number of carbonyl (C=O) groups excluding carboxylic acids is 1. The Kier molecular flexibility index (Phi) is 8.34. The van der Waals surface area contributed by atoms with Gasteiger partial charge in [-0.05, 0) is 48.7 Å². The first-order chi connectivity index (χ1) is 11.5. The van der Waals surface area contributed by atoms with Gasteiger partial charge in [-0.1, -0.05) is 22.9 Å². The van der Waals surface area contributed by atoms with Crippen LogP contribution < -0.4 is 10.5 Å². The lowest BCUT2D eigenvalue weighted by molar-refractivity contribution is 0.0776. The Hall–Kier alpha value is -1.34. The zero-order chi connectivity index (χ0) is 17.2. The van der Waals surface area contributed by atoms with E-state index in [1.54, 1.807) is 18.3 Å². The Morgan fingerprint density at radius 1 is 1.27 bits per heavy atom. The molecule has 1 unspecified atom stereocenters. The van der Waals surface area contributed by atoms with E-state index in [1.807, 2.05) is 29.2 Å². The molecule has 1 fully saturated rings. The first-order valence-electron chi connectivity index (χ1n) is 7.88. The van der Waals surface area contributed by atoms with Crippen molar-refractivity contribution in [3.05, 3.63) is 52.6 Å². The van der Waals surface area contributed by atoms with Crippen molar-refractivity contribution in [1.29, 1.82) is 0 Å². The topological polar surface area (TPSA) is 68.5 Å². The molecule has 2 N–H and O–H groups in total. The number of hydrogen-bond acceptors (Lipinski definition) is 4. The minimum Gasteiger partial charge on any atom is -0.439 e. The van der Waals surface area contributed by atoms with Crippen molar-refractivity contribution in [3.63, 3.8) is 0 Å². The monoisotopic (exact) mass is 461 g/mol. The molecule has 5 nitrogen and oxygen atoms in total. The van der Waals surface area contributed by atoms with E-state index >= 15 is 0 Å². The molecule has 0 aliphatic carbocycles. The van der Waals surface area contributed by atoms with Crippen LogP contribution in [0.5, 0.6) is 11.6 Å². The van der Waals surface area contributed by atoms with E-state index in [0.717, 1.165) is 17.4 Å². The number of pyridine rings is 1. The minimum absolute atomic E-state index is 0. The van der Waals surface area contributed by atoms with Gasteiger partial charge in [-0.3, -0.25) is 4.79 Å². The number of likely N-dealkylation sites (tertiary alicyclic amines) is 1. The predicted molar refractivity (Wildman–Crippen MR) is 111 cm³/mol. The minimum atomic E-state index is -0.00475. The van der Waals surface area contributed by atoms with Crippen molar-refractivity contribution in [2.75, 3.05) is 19.6 Å². The second kappa shape index (κ2) is 9.55. The molecule has 1 aromatic heterocycles. The van der Waals surface area contributed by atoms with Gasteiger partial charge in [0.25, 0.3) is 5.91 Å². The zero-order valence-corrected chi connectivity index (χ0v) is 17.6. The van der Waals surface area contributed by atoms with Crippen LogP contribution >= 0.6 is 40.7 Å². The molecule has 2 aromatic rings. The summed E-state index contributed by atoms with van der Waals surface area (Å²) in [5, 5.41) is 0. The van der Waals surface area contributed by atoms with Crippen LogP contribution in [0, 0.1) is 5.41 Å². The second-order valence-corrected chi connectivity index (χ2v) is 7.35. The first kappa shape index (κ1) is 22.7. The van der Waals surface area contributed by atoms with Crippen LogP contribution in [0.4, 0.5) is 0 Å². The van der Waals surface area contributed by atoms with Gasteiger partial charge in [-0.2, -0.15) is 0 Å². The van der Waals surface area contributed by atoms with Gasteiger partial charge in [0.1, 0.15) is 5.75 Å². The summed E-state index contributed by atoms with van der Waals surface area (Å²) in [7, 11) is 0. The summed E-state index contributed by atoms with van der Waals surface area (Å²) in [6, 6.07) is 11.0. The number of halogens is 3. The first-order valence-corrected chi connectivity index (χ1v) is 8.67. The molecule has 0 spiro atoms. The smallest absolute Gasteiger partial charge is 0.255 e. The van der Waals surface area contributed by atoms with Crippen molar-refractivity contribution in [2.24, 2.45) is 11.1 Å². The van der Waals surface area contributed by atoms with Gasteiger partial charge in [0.15, 0.2) is 0 Å². The highest BCUT2D eigenvalue weighted by Gasteiger charge is 2.35. The summed E-state index contributed by atoms with van der Waals surface area (Å²) in [5.74, 6) is 1.15. The highest BCUT2D eigenvalue weighted by Crippen LogP contribution is 2.29. The van der Waals surface area contributed by atoms with E-state index in [1.165, 1.54) is 0 Å². The number of amides is 1. The number of nitrogens with two attached hydrogens (primary N) is 1. The Morgan fingerprint density at radius 2 is 1.96 bits per heavy atom. The molecule has 3 rings (SSSR count). The van der Waals surface area contributed by atoms with Crippen LogP contribution in [0.25, 0.3) is 0 Å². The normalized spacial score (nSPS) is 18.7. The van der Waals surface area contributed by atoms with Crippen LogP contribution in [-0.4, -0.2) is 35.4 Å². The van der Waals surface area contributed by atoms with Gasteiger partial charge in [0.05, 0.1) is 5.56 Å². The zero-order valence-electron chi connectivity index (χ0n) is 14.4. The van der Waals surface area contributed by atoms with E-state index in [4.69, 9.17) is 10.5 Å². The molecule has 8 heteroatoms. The number of aromatic nitrogens is 1. The van der Waals surface area contributed by atoms with Crippen molar-refractivity contribution >= 4 is 46.7 Å². The average molecular weight is 463 g/mol. The summed E-state index contributed by atoms with van der Waals surface area (Å²) in [4.78, 5) is 18.6.